The molecule has 7 atom stereocenters. The molecular weight excluding hydrogens is 390 g/mol. The van der Waals surface area contributed by atoms with Crippen LogP contribution in [0.2, 0.25) is 0 Å². The highest BCUT2D eigenvalue weighted by atomic mass is 127. The highest BCUT2D eigenvalue weighted by Crippen LogP contribution is 2.64. The molecule has 0 spiro atoms. The van der Waals surface area contributed by atoms with E-state index in [1.54, 1.807) is 5.57 Å². The van der Waals surface area contributed by atoms with E-state index < -0.39 is 6.17 Å². The normalized spacial score (nSPS) is 54.3. The molecule has 0 N–H and O–H groups in total. The van der Waals surface area contributed by atoms with E-state index in [2.05, 4.69) is 42.5 Å². The summed E-state index contributed by atoms with van der Waals surface area (Å²) in [5.41, 5.74) is 1.62. The molecular formula is C19H26FIO. The number of carbonyl (C=O) groups excluding carboxylic acids is 1. The summed E-state index contributed by atoms with van der Waals surface area (Å²) in [4.78, 5) is 12.3. The summed E-state index contributed by atoms with van der Waals surface area (Å²) in [6.45, 7) is 4.52. The zero-order valence-corrected chi connectivity index (χ0v) is 15.7. The first-order valence-corrected chi connectivity index (χ1v) is 10.1. The van der Waals surface area contributed by atoms with Gasteiger partial charge in [-0.15, -0.1) is 0 Å². The van der Waals surface area contributed by atoms with Gasteiger partial charge in [-0.1, -0.05) is 48.1 Å². The molecule has 4 aliphatic rings. The lowest BCUT2D eigenvalue weighted by atomic mass is 9.48. The van der Waals surface area contributed by atoms with Gasteiger partial charge in [-0.05, 0) is 68.1 Å². The van der Waals surface area contributed by atoms with Crippen LogP contribution in [-0.4, -0.2) is 15.9 Å². The van der Waals surface area contributed by atoms with E-state index in [0.717, 1.165) is 23.2 Å². The van der Waals surface area contributed by atoms with Gasteiger partial charge in [0, 0.05) is 9.34 Å². The molecule has 0 heterocycles. The Labute approximate surface area is 146 Å². The van der Waals surface area contributed by atoms with Crippen molar-refractivity contribution in [2.24, 2.45) is 28.6 Å². The maximum Gasteiger partial charge on any atom is 0.173 e. The van der Waals surface area contributed by atoms with Gasteiger partial charge in [0.15, 0.2) is 12.0 Å². The molecule has 0 bridgehead atoms. The molecule has 122 valence electrons. The number of ketones is 1. The summed E-state index contributed by atoms with van der Waals surface area (Å²) in [7, 11) is 0. The van der Waals surface area contributed by atoms with Crippen molar-refractivity contribution in [3.8, 4) is 0 Å². The van der Waals surface area contributed by atoms with Gasteiger partial charge >= 0.3 is 0 Å². The van der Waals surface area contributed by atoms with Crippen LogP contribution in [0.25, 0.3) is 0 Å². The van der Waals surface area contributed by atoms with Gasteiger partial charge in [-0.2, -0.15) is 0 Å². The fraction of sp³-hybridized carbons (Fsp3) is 0.842. The van der Waals surface area contributed by atoms with Crippen LogP contribution in [0, 0.1) is 28.6 Å². The Bertz CT molecular complexity index is 544. The maximum absolute atomic E-state index is 14.1. The Morgan fingerprint density at radius 3 is 2.68 bits per heavy atom. The molecule has 0 saturated heterocycles. The fourth-order valence-electron chi connectivity index (χ4n) is 6.37. The molecule has 2 unspecified atom stereocenters. The largest absolute Gasteiger partial charge is 0.296 e. The summed E-state index contributed by atoms with van der Waals surface area (Å²) in [5.74, 6) is 1.39. The van der Waals surface area contributed by atoms with Crippen molar-refractivity contribution in [1.29, 1.82) is 0 Å². The quantitative estimate of drug-likeness (QED) is 0.299. The topological polar surface area (TPSA) is 17.1 Å². The molecule has 4 rings (SSSR count). The van der Waals surface area contributed by atoms with Crippen molar-refractivity contribution >= 4 is 28.4 Å². The molecule has 3 fully saturated rings. The second kappa shape index (κ2) is 5.03. The first-order valence-electron chi connectivity index (χ1n) is 8.88. The molecule has 3 heteroatoms. The summed E-state index contributed by atoms with van der Waals surface area (Å²) >= 11 is 2.60. The molecule has 3 saturated carbocycles. The lowest BCUT2D eigenvalue weighted by molar-refractivity contribution is -0.134. The maximum atomic E-state index is 14.1. The monoisotopic (exact) mass is 416 g/mol. The minimum atomic E-state index is -1.20. The molecule has 4 aliphatic carbocycles. The van der Waals surface area contributed by atoms with E-state index in [4.69, 9.17) is 0 Å². The second-order valence-electron chi connectivity index (χ2n) is 8.62. The molecule has 0 aliphatic heterocycles. The first kappa shape index (κ1) is 15.6. The van der Waals surface area contributed by atoms with Gasteiger partial charge in [0.25, 0.3) is 0 Å². The predicted octanol–water partition coefficient (Wildman–Crippen LogP) is 5.27. The zero-order chi connectivity index (χ0) is 15.7. The number of alkyl halides is 2. The van der Waals surface area contributed by atoms with E-state index in [1.165, 1.54) is 19.3 Å². The van der Waals surface area contributed by atoms with Crippen molar-refractivity contribution in [3.63, 3.8) is 0 Å². The molecule has 0 aromatic rings. The van der Waals surface area contributed by atoms with Gasteiger partial charge in [0.2, 0.25) is 0 Å². The third kappa shape index (κ3) is 1.96. The highest BCUT2D eigenvalue weighted by Gasteiger charge is 2.61. The summed E-state index contributed by atoms with van der Waals surface area (Å²) in [6, 6.07) is 0. The van der Waals surface area contributed by atoms with Crippen molar-refractivity contribution in [3.05, 3.63) is 11.6 Å². The molecule has 0 aromatic heterocycles. The number of Topliss-reactive ketones (excluding diaryl/α,β-unsaturated/α-hetero) is 1. The number of carbonyl (C=O) groups is 1. The van der Waals surface area contributed by atoms with Crippen LogP contribution in [0.4, 0.5) is 4.39 Å². The molecule has 0 aromatic carbocycles. The van der Waals surface area contributed by atoms with E-state index in [-0.39, 0.29) is 17.1 Å². The molecule has 22 heavy (non-hydrogen) atoms. The van der Waals surface area contributed by atoms with E-state index >= 15 is 0 Å². The van der Waals surface area contributed by atoms with E-state index in [9.17, 15) is 9.18 Å². The third-order valence-electron chi connectivity index (χ3n) is 7.74. The standard InChI is InChI=1S/C19H26FIO/c1-18-7-5-12(21)9-11(18)3-4-13-14(18)6-8-19(2)15(13)10-16(20)17(19)22/h3,12-16H,4-10H2,1-2H3/t12?,13-,14-,15+,16?,18+,19+/m1/s1. The van der Waals surface area contributed by atoms with Crippen LogP contribution in [0.5, 0.6) is 0 Å². The number of allylic oxidation sites excluding steroid dienone is 2. The van der Waals surface area contributed by atoms with Gasteiger partial charge in [-0.25, -0.2) is 4.39 Å². The fourth-order valence-corrected chi connectivity index (χ4v) is 7.15. The Morgan fingerprint density at radius 1 is 1.18 bits per heavy atom. The minimum Gasteiger partial charge on any atom is -0.296 e. The lowest BCUT2D eigenvalue weighted by Crippen LogP contribution is -2.50. The third-order valence-corrected chi connectivity index (χ3v) is 8.80. The predicted molar refractivity (Wildman–Crippen MR) is 94.8 cm³/mol. The van der Waals surface area contributed by atoms with Gasteiger partial charge in [0.1, 0.15) is 0 Å². The van der Waals surface area contributed by atoms with Crippen LogP contribution < -0.4 is 0 Å². The Balaban J connectivity index is 1.70. The summed E-state index contributed by atoms with van der Waals surface area (Å²) < 4.78 is 14.9. The van der Waals surface area contributed by atoms with Crippen LogP contribution in [0.15, 0.2) is 11.6 Å². The van der Waals surface area contributed by atoms with Crippen LogP contribution in [0.1, 0.15) is 58.8 Å². The first-order chi connectivity index (χ1) is 10.4. The minimum absolute atomic E-state index is 0.0909. The van der Waals surface area contributed by atoms with Crippen molar-refractivity contribution in [1.82, 2.24) is 0 Å². The summed E-state index contributed by atoms with van der Waals surface area (Å²) in [6.07, 6.45) is 8.72. The number of hydrogen-bond donors (Lipinski definition) is 0. The second-order valence-corrected chi connectivity index (χ2v) is 10.4. The van der Waals surface area contributed by atoms with E-state index in [1.807, 2.05) is 0 Å². The van der Waals surface area contributed by atoms with Crippen LogP contribution >= 0.6 is 22.6 Å². The number of halogens is 2. The SMILES string of the molecule is C[C@]12CCC(I)CC1=CC[C@@H]1[C@H]2CC[C@]2(C)C(=O)C(F)C[C@@H]12. The van der Waals surface area contributed by atoms with Crippen molar-refractivity contribution in [2.45, 2.75) is 68.9 Å². The van der Waals surface area contributed by atoms with Crippen molar-refractivity contribution < 1.29 is 9.18 Å². The van der Waals surface area contributed by atoms with Gasteiger partial charge in [0.05, 0.1) is 0 Å². The zero-order valence-electron chi connectivity index (χ0n) is 13.6. The smallest absolute Gasteiger partial charge is 0.173 e. The van der Waals surface area contributed by atoms with Gasteiger partial charge < -0.3 is 0 Å². The molecule has 0 radical (unpaired) electrons. The molecule has 1 nitrogen and oxygen atoms in total. The lowest BCUT2D eigenvalue weighted by Gasteiger charge is -2.56. The number of fused-ring (bicyclic) bond motifs is 5. The average Bonchev–Trinajstić information content (AvgIpc) is 2.72. The highest BCUT2D eigenvalue weighted by molar-refractivity contribution is 14.1. The average molecular weight is 416 g/mol. The Kier molecular flexibility index (Phi) is 3.57. The Hall–Kier alpha value is 0.0700. The van der Waals surface area contributed by atoms with Gasteiger partial charge in [-0.3, -0.25) is 4.79 Å². The summed E-state index contributed by atoms with van der Waals surface area (Å²) in [5, 5.41) is 0. The number of hydrogen-bond acceptors (Lipinski definition) is 1. The Morgan fingerprint density at radius 2 is 1.91 bits per heavy atom. The van der Waals surface area contributed by atoms with Crippen molar-refractivity contribution in [2.75, 3.05) is 0 Å². The van der Waals surface area contributed by atoms with E-state index in [0.29, 0.717) is 23.7 Å². The molecule has 0 amide bonds. The van der Waals surface area contributed by atoms with Crippen LogP contribution in [-0.2, 0) is 4.79 Å². The van der Waals surface area contributed by atoms with Crippen LogP contribution in [0.3, 0.4) is 0 Å². The number of rotatable bonds is 0.